The van der Waals surface area contributed by atoms with E-state index < -0.39 is 22.1 Å². The second kappa shape index (κ2) is 8.17. The summed E-state index contributed by atoms with van der Waals surface area (Å²) < 4.78 is 26.4. The lowest BCUT2D eigenvalue weighted by molar-refractivity contribution is -0.123. The lowest BCUT2D eigenvalue weighted by Crippen LogP contribution is -2.61. The van der Waals surface area contributed by atoms with Gasteiger partial charge in [-0.2, -0.15) is 0 Å². The molecule has 0 aromatic heterocycles. The molecule has 3 aromatic rings. The predicted octanol–water partition coefficient (Wildman–Crippen LogP) is 3.98. The minimum absolute atomic E-state index is 0.120. The quantitative estimate of drug-likeness (QED) is 0.627. The molecule has 0 aliphatic carbocycles. The summed E-state index contributed by atoms with van der Waals surface area (Å²) in [5.74, 6) is -0.117. The minimum Gasteiger partial charge on any atom is -0.508 e. The van der Waals surface area contributed by atoms with Gasteiger partial charge < -0.3 is 10.0 Å². The van der Waals surface area contributed by atoms with E-state index in [2.05, 4.69) is 0 Å². The van der Waals surface area contributed by atoms with Gasteiger partial charge in [-0.25, -0.2) is 4.39 Å². The molecule has 0 unspecified atom stereocenters. The summed E-state index contributed by atoms with van der Waals surface area (Å²) in [6.45, 7) is 0. The molecule has 0 saturated carbocycles. The zero-order chi connectivity index (χ0) is 20.4. The molecule has 3 aromatic carbocycles. The second-order valence-corrected chi connectivity index (χ2v) is 8.64. The number of aryl methyl sites for hydroxylation is 1. The van der Waals surface area contributed by atoms with Crippen LogP contribution in [0.3, 0.4) is 0 Å². The SMILES string of the molecule is O=C1[C@H]([S@](=O)CCc2ccccc2)[C@@H](c2ccc(O)cc2)N1c1ccc(F)cc1. The fourth-order valence-electron chi connectivity index (χ4n) is 3.59. The van der Waals surface area contributed by atoms with Crippen molar-refractivity contribution in [2.75, 3.05) is 10.7 Å². The summed E-state index contributed by atoms with van der Waals surface area (Å²) in [4.78, 5) is 14.5. The van der Waals surface area contributed by atoms with Gasteiger partial charge in [0.1, 0.15) is 16.8 Å². The molecule has 1 fully saturated rings. The molecule has 29 heavy (non-hydrogen) atoms. The predicted molar refractivity (Wildman–Crippen MR) is 112 cm³/mol. The number of halogens is 1. The van der Waals surface area contributed by atoms with Gasteiger partial charge in [-0.05, 0) is 53.9 Å². The second-order valence-electron chi connectivity index (χ2n) is 6.96. The standard InChI is InChI=1S/C23H20FNO3S/c24-18-8-10-19(11-9-18)25-21(17-6-12-20(26)13-7-17)22(23(25)27)29(28)15-14-16-4-2-1-3-5-16/h1-13,21-22,26H,14-15H2/t21-,22-,29-/m1/s1. The Morgan fingerprint density at radius 3 is 2.24 bits per heavy atom. The smallest absolute Gasteiger partial charge is 0.245 e. The molecular formula is C23H20FNO3S. The van der Waals surface area contributed by atoms with Crippen LogP contribution in [0.5, 0.6) is 5.75 Å². The Labute approximate surface area is 171 Å². The Hall–Kier alpha value is -2.99. The maximum absolute atomic E-state index is 13.3. The normalized spacial score (nSPS) is 19.6. The third-order valence-corrected chi connectivity index (χ3v) is 6.74. The molecule has 1 saturated heterocycles. The first-order valence-electron chi connectivity index (χ1n) is 9.33. The molecule has 0 spiro atoms. The van der Waals surface area contributed by atoms with E-state index in [1.165, 1.54) is 12.1 Å². The molecule has 0 bridgehead atoms. The summed E-state index contributed by atoms with van der Waals surface area (Å²) in [5, 5.41) is 8.92. The van der Waals surface area contributed by atoms with Crippen molar-refractivity contribution in [3.63, 3.8) is 0 Å². The Balaban J connectivity index is 1.59. The van der Waals surface area contributed by atoms with Gasteiger partial charge >= 0.3 is 0 Å². The van der Waals surface area contributed by atoms with E-state index in [0.29, 0.717) is 17.9 Å². The number of nitrogens with zero attached hydrogens (tertiary/aromatic N) is 1. The number of carbonyl (C=O) groups excluding carboxylic acids is 1. The number of rotatable bonds is 6. The lowest BCUT2D eigenvalue weighted by Gasteiger charge is -2.46. The number of hydrogen-bond acceptors (Lipinski definition) is 3. The highest BCUT2D eigenvalue weighted by Crippen LogP contribution is 2.42. The summed E-state index contributed by atoms with van der Waals surface area (Å²) in [7, 11) is -1.37. The molecular weight excluding hydrogens is 389 g/mol. The van der Waals surface area contributed by atoms with E-state index in [-0.39, 0.29) is 17.5 Å². The van der Waals surface area contributed by atoms with Crippen molar-refractivity contribution in [2.45, 2.75) is 17.7 Å². The molecule has 1 aliphatic rings. The highest BCUT2D eigenvalue weighted by molar-refractivity contribution is 7.86. The monoisotopic (exact) mass is 409 g/mol. The Bertz CT molecular complexity index is 1020. The molecule has 4 nitrogen and oxygen atoms in total. The molecule has 1 amide bonds. The van der Waals surface area contributed by atoms with Crippen LogP contribution in [0.2, 0.25) is 0 Å². The van der Waals surface area contributed by atoms with Crippen LogP contribution in [0.4, 0.5) is 10.1 Å². The number of aromatic hydroxyl groups is 1. The van der Waals surface area contributed by atoms with E-state index >= 15 is 0 Å². The molecule has 3 atom stereocenters. The van der Waals surface area contributed by atoms with Gasteiger partial charge in [0.2, 0.25) is 5.91 Å². The van der Waals surface area contributed by atoms with Crippen molar-refractivity contribution in [1.82, 2.24) is 0 Å². The van der Waals surface area contributed by atoms with Crippen LogP contribution in [0.1, 0.15) is 17.2 Å². The highest BCUT2D eigenvalue weighted by Gasteiger charge is 2.52. The van der Waals surface area contributed by atoms with Crippen molar-refractivity contribution in [1.29, 1.82) is 0 Å². The topological polar surface area (TPSA) is 57.6 Å². The van der Waals surface area contributed by atoms with Crippen molar-refractivity contribution in [2.24, 2.45) is 0 Å². The molecule has 0 radical (unpaired) electrons. The fourth-order valence-corrected chi connectivity index (χ4v) is 5.19. The van der Waals surface area contributed by atoms with Crippen LogP contribution < -0.4 is 4.90 Å². The number of anilines is 1. The molecule has 1 aliphatic heterocycles. The third kappa shape index (κ3) is 3.93. The summed E-state index contributed by atoms with van der Waals surface area (Å²) in [6, 6.07) is 21.6. The molecule has 1 heterocycles. The maximum Gasteiger partial charge on any atom is 0.245 e. The minimum atomic E-state index is -1.37. The molecule has 1 N–H and O–H groups in total. The fraction of sp³-hybridized carbons (Fsp3) is 0.174. The number of hydrogen-bond donors (Lipinski definition) is 1. The average Bonchev–Trinajstić information content (AvgIpc) is 2.73. The van der Waals surface area contributed by atoms with Crippen molar-refractivity contribution in [3.8, 4) is 5.75 Å². The van der Waals surface area contributed by atoms with E-state index in [1.54, 1.807) is 41.3 Å². The van der Waals surface area contributed by atoms with Crippen LogP contribution >= 0.6 is 0 Å². The van der Waals surface area contributed by atoms with Gasteiger partial charge in [0.15, 0.2) is 0 Å². The van der Waals surface area contributed by atoms with Crippen LogP contribution in [0.15, 0.2) is 78.9 Å². The zero-order valence-corrected chi connectivity index (χ0v) is 16.4. The van der Waals surface area contributed by atoms with Crippen LogP contribution in [-0.4, -0.2) is 26.2 Å². The largest absolute Gasteiger partial charge is 0.508 e. The van der Waals surface area contributed by atoms with Crippen LogP contribution in [0.25, 0.3) is 0 Å². The van der Waals surface area contributed by atoms with E-state index in [9.17, 15) is 18.5 Å². The Morgan fingerprint density at radius 1 is 0.931 bits per heavy atom. The number of carbonyl (C=O) groups is 1. The first kappa shape index (κ1) is 19.3. The number of phenols is 1. The number of benzene rings is 3. The van der Waals surface area contributed by atoms with Gasteiger partial charge in [-0.1, -0.05) is 42.5 Å². The van der Waals surface area contributed by atoms with E-state index in [4.69, 9.17) is 0 Å². The average molecular weight is 409 g/mol. The first-order chi connectivity index (χ1) is 14.0. The van der Waals surface area contributed by atoms with Gasteiger partial charge in [0.05, 0.1) is 6.04 Å². The number of β-lactam (4-membered cyclic amide) rings is 1. The number of amides is 1. The van der Waals surface area contributed by atoms with Crippen LogP contribution in [0, 0.1) is 5.82 Å². The van der Waals surface area contributed by atoms with E-state index in [1.807, 2.05) is 30.3 Å². The zero-order valence-electron chi connectivity index (χ0n) is 15.6. The summed E-state index contributed by atoms with van der Waals surface area (Å²) >= 11 is 0. The number of phenolic OH excluding ortho intramolecular Hbond substituents is 1. The third-order valence-electron chi connectivity index (χ3n) is 5.10. The van der Waals surface area contributed by atoms with Crippen molar-refractivity contribution in [3.05, 3.63) is 95.8 Å². The van der Waals surface area contributed by atoms with Crippen LogP contribution in [-0.2, 0) is 22.0 Å². The molecule has 6 heteroatoms. The highest BCUT2D eigenvalue weighted by atomic mass is 32.2. The van der Waals surface area contributed by atoms with Crippen molar-refractivity contribution < 1.29 is 18.5 Å². The lowest BCUT2D eigenvalue weighted by atomic mass is 9.92. The molecule has 148 valence electrons. The first-order valence-corrected chi connectivity index (χ1v) is 10.7. The van der Waals surface area contributed by atoms with Gasteiger partial charge in [0, 0.05) is 22.2 Å². The summed E-state index contributed by atoms with van der Waals surface area (Å²) in [5.41, 5.74) is 2.42. The van der Waals surface area contributed by atoms with Gasteiger partial charge in [-0.3, -0.25) is 9.00 Å². The van der Waals surface area contributed by atoms with E-state index in [0.717, 1.165) is 11.1 Å². The summed E-state index contributed by atoms with van der Waals surface area (Å²) in [6.07, 6.45) is 0.621. The maximum atomic E-state index is 13.3. The van der Waals surface area contributed by atoms with Gasteiger partial charge in [0.25, 0.3) is 0 Å². The van der Waals surface area contributed by atoms with Crippen molar-refractivity contribution >= 4 is 22.4 Å². The molecule has 4 rings (SSSR count). The Kier molecular flexibility index (Phi) is 5.45. The Morgan fingerprint density at radius 2 is 1.59 bits per heavy atom. The van der Waals surface area contributed by atoms with Gasteiger partial charge in [-0.15, -0.1) is 0 Å².